The summed E-state index contributed by atoms with van der Waals surface area (Å²) in [5.74, 6) is 1.17. The van der Waals surface area contributed by atoms with Crippen LogP contribution in [0.15, 0.2) is 36.5 Å². The van der Waals surface area contributed by atoms with Crippen molar-refractivity contribution in [1.29, 1.82) is 0 Å². The van der Waals surface area contributed by atoms with E-state index < -0.39 is 0 Å². The number of halogens is 1. The van der Waals surface area contributed by atoms with Crippen molar-refractivity contribution in [3.63, 3.8) is 0 Å². The molecule has 0 aliphatic rings. The number of hydrogen-bond acceptors (Lipinski definition) is 4. The van der Waals surface area contributed by atoms with Crippen LogP contribution in [0.2, 0.25) is 0 Å². The summed E-state index contributed by atoms with van der Waals surface area (Å²) in [5, 5.41) is 3.05. The Balaban J connectivity index is 2.24. The largest absolute Gasteiger partial charge is 0.327 e. The molecule has 2 aromatic rings. The Kier molecular flexibility index (Phi) is 4.41. The van der Waals surface area contributed by atoms with Crippen LogP contribution < -0.4 is 10.2 Å². The number of nitrogens with one attached hydrogen (secondary N) is 1. The minimum atomic E-state index is -0.264. The molecule has 2 rings (SSSR count). The number of aromatic nitrogens is 2. The minimum absolute atomic E-state index is 0.264. The molecule has 0 spiro atoms. The molecule has 0 saturated carbocycles. The maximum atomic E-state index is 13.7. The fourth-order valence-electron chi connectivity index (χ4n) is 1.78. The highest BCUT2D eigenvalue weighted by Gasteiger charge is 2.10. The van der Waals surface area contributed by atoms with E-state index in [1.165, 1.54) is 6.07 Å². The van der Waals surface area contributed by atoms with E-state index >= 15 is 0 Å². The number of benzene rings is 1. The van der Waals surface area contributed by atoms with Crippen molar-refractivity contribution in [3.05, 3.63) is 48.2 Å². The lowest BCUT2D eigenvalue weighted by atomic mass is 10.3. The first-order chi connectivity index (χ1) is 9.22. The first-order valence-electron chi connectivity index (χ1n) is 6.17. The van der Waals surface area contributed by atoms with Crippen molar-refractivity contribution >= 4 is 11.5 Å². The van der Waals surface area contributed by atoms with E-state index in [0.29, 0.717) is 11.5 Å². The Morgan fingerprint density at radius 2 is 2.05 bits per heavy atom. The van der Waals surface area contributed by atoms with Gasteiger partial charge in [-0.25, -0.2) is 14.4 Å². The number of nitrogens with zero attached hydrogens (tertiary/aromatic N) is 3. The topological polar surface area (TPSA) is 41.1 Å². The Morgan fingerprint density at radius 3 is 2.79 bits per heavy atom. The molecule has 19 heavy (non-hydrogen) atoms. The Morgan fingerprint density at radius 1 is 1.26 bits per heavy atom. The average molecular weight is 260 g/mol. The quantitative estimate of drug-likeness (QED) is 0.894. The van der Waals surface area contributed by atoms with Crippen LogP contribution in [0, 0.1) is 5.82 Å². The lowest BCUT2D eigenvalue weighted by Crippen LogP contribution is -2.16. The molecule has 0 unspecified atom stereocenters. The van der Waals surface area contributed by atoms with E-state index in [9.17, 15) is 4.39 Å². The van der Waals surface area contributed by atoms with Gasteiger partial charge in [-0.3, -0.25) is 0 Å². The van der Waals surface area contributed by atoms with Crippen LogP contribution in [-0.2, 0) is 6.42 Å². The molecule has 0 amide bonds. The molecule has 1 aromatic heterocycles. The second-order valence-corrected chi connectivity index (χ2v) is 4.20. The first-order valence-corrected chi connectivity index (χ1v) is 6.17. The van der Waals surface area contributed by atoms with Crippen LogP contribution in [0.25, 0.3) is 0 Å². The first kappa shape index (κ1) is 13.4. The third-order valence-electron chi connectivity index (χ3n) is 2.85. The van der Waals surface area contributed by atoms with Crippen molar-refractivity contribution < 1.29 is 4.39 Å². The third-order valence-corrected chi connectivity index (χ3v) is 2.85. The fraction of sp³-hybridized carbons (Fsp3) is 0.286. The van der Waals surface area contributed by atoms with Gasteiger partial charge >= 0.3 is 0 Å². The van der Waals surface area contributed by atoms with Gasteiger partial charge < -0.3 is 10.2 Å². The van der Waals surface area contributed by atoms with Crippen molar-refractivity contribution in [1.82, 2.24) is 15.3 Å². The van der Waals surface area contributed by atoms with Crippen molar-refractivity contribution in [3.8, 4) is 0 Å². The molecular weight excluding hydrogens is 243 g/mol. The molecule has 1 aromatic carbocycles. The molecule has 5 heteroatoms. The lowest BCUT2D eigenvalue weighted by molar-refractivity contribution is 0.627. The third kappa shape index (κ3) is 3.26. The summed E-state index contributed by atoms with van der Waals surface area (Å²) in [6.07, 6.45) is 2.44. The zero-order valence-corrected chi connectivity index (χ0v) is 11.1. The monoisotopic (exact) mass is 260 g/mol. The average Bonchev–Trinajstić information content (AvgIpc) is 2.45. The zero-order valence-electron chi connectivity index (χ0n) is 11.1. The standard InChI is InChI=1S/C14H17FN4/c1-16-9-7-13-17-10-8-14(18-13)19(2)12-6-4-3-5-11(12)15/h3-6,8,10,16H,7,9H2,1-2H3. The molecule has 0 bridgehead atoms. The predicted octanol–water partition coefficient (Wildman–Crippen LogP) is 2.15. The van der Waals surface area contributed by atoms with Gasteiger partial charge in [-0.05, 0) is 25.2 Å². The van der Waals surface area contributed by atoms with Crippen molar-refractivity contribution in [2.45, 2.75) is 6.42 Å². The Bertz CT molecular complexity index is 544. The molecule has 100 valence electrons. The smallest absolute Gasteiger partial charge is 0.146 e. The van der Waals surface area contributed by atoms with Crippen LogP contribution in [-0.4, -0.2) is 30.6 Å². The highest BCUT2D eigenvalue weighted by Crippen LogP contribution is 2.23. The number of rotatable bonds is 5. The summed E-state index contributed by atoms with van der Waals surface area (Å²) < 4.78 is 13.7. The summed E-state index contributed by atoms with van der Waals surface area (Å²) >= 11 is 0. The molecule has 0 aliphatic carbocycles. The summed E-state index contributed by atoms with van der Waals surface area (Å²) in [4.78, 5) is 10.4. The zero-order chi connectivity index (χ0) is 13.7. The minimum Gasteiger partial charge on any atom is -0.327 e. The molecular formula is C14H17FN4. The van der Waals surface area contributed by atoms with Gasteiger partial charge in [-0.1, -0.05) is 12.1 Å². The van der Waals surface area contributed by atoms with E-state index in [0.717, 1.165) is 18.8 Å². The highest BCUT2D eigenvalue weighted by molar-refractivity contribution is 5.59. The molecule has 0 atom stereocenters. The molecule has 0 aliphatic heterocycles. The molecule has 0 radical (unpaired) electrons. The van der Waals surface area contributed by atoms with Gasteiger partial charge in [0.2, 0.25) is 0 Å². The number of para-hydroxylation sites is 1. The normalized spacial score (nSPS) is 10.5. The van der Waals surface area contributed by atoms with Gasteiger partial charge in [0.25, 0.3) is 0 Å². The maximum Gasteiger partial charge on any atom is 0.146 e. The van der Waals surface area contributed by atoms with Crippen LogP contribution in [0.1, 0.15) is 5.82 Å². The summed E-state index contributed by atoms with van der Waals surface area (Å²) in [6, 6.07) is 8.41. The maximum absolute atomic E-state index is 13.7. The highest BCUT2D eigenvalue weighted by atomic mass is 19.1. The van der Waals surface area contributed by atoms with Gasteiger partial charge in [-0.2, -0.15) is 0 Å². The Hall–Kier alpha value is -2.01. The number of likely N-dealkylation sites (N-methyl/N-ethyl adjacent to an activating group) is 1. The SMILES string of the molecule is CNCCc1nccc(N(C)c2ccccc2F)n1. The molecule has 4 nitrogen and oxygen atoms in total. The summed E-state index contributed by atoms with van der Waals surface area (Å²) in [5.41, 5.74) is 0.501. The van der Waals surface area contributed by atoms with Crippen LogP contribution in [0.4, 0.5) is 15.9 Å². The molecule has 0 saturated heterocycles. The van der Waals surface area contributed by atoms with E-state index in [4.69, 9.17) is 0 Å². The molecule has 0 fully saturated rings. The molecule has 1 N–H and O–H groups in total. The van der Waals surface area contributed by atoms with Crippen LogP contribution >= 0.6 is 0 Å². The van der Waals surface area contributed by atoms with E-state index in [2.05, 4.69) is 15.3 Å². The van der Waals surface area contributed by atoms with Gasteiger partial charge in [0.15, 0.2) is 0 Å². The van der Waals surface area contributed by atoms with Gasteiger partial charge in [0, 0.05) is 26.2 Å². The van der Waals surface area contributed by atoms with Crippen molar-refractivity contribution in [2.75, 3.05) is 25.5 Å². The predicted molar refractivity (Wildman–Crippen MR) is 74.1 cm³/mol. The second-order valence-electron chi connectivity index (χ2n) is 4.20. The van der Waals surface area contributed by atoms with Gasteiger partial charge in [0.1, 0.15) is 17.5 Å². The second kappa shape index (κ2) is 6.24. The van der Waals surface area contributed by atoms with E-state index in [1.54, 1.807) is 42.4 Å². The van der Waals surface area contributed by atoms with Crippen LogP contribution in [0.3, 0.4) is 0 Å². The van der Waals surface area contributed by atoms with Crippen LogP contribution in [0.5, 0.6) is 0 Å². The lowest BCUT2D eigenvalue weighted by Gasteiger charge is -2.19. The summed E-state index contributed by atoms with van der Waals surface area (Å²) in [6.45, 7) is 0.812. The summed E-state index contributed by atoms with van der Waals surface area (Å²) in [7, 11) is 3.68. The Labute approximate surface area is 112 Å². The van der Waals surface area contributed by atoms with E-state index in [-0.39, 0.29) is 5.82 Å². The van der Waals surface area contributed by atoms with E-state index in [1.807, 2.05) is 7.05 Å². The molecule has 1 heterocycles. The van der Waals surface area contributed by atoms with Gasteiger partial charge in [-0.15, -0.1) is 0 Å². The van der Waals surface area contributed by atoms with Crippen molar-refractivity contribution in [2.24, 2.45) is 0 Å². The number of hydrogen-bond donors (Lipinski definition) is 1. The fourth-order valence-corrected chi connectivity index (χ4v) is 1.78. The van der Waals surface area contributed by atoms with Gasteiger partial charge in [0.05, 0.1) is 5.69 Å². The number of anilines is 2.